The minimum atomic E-state index is -0.160. The van der Waals surface area contributed by atoms with E-state index in [1.165, 1.54) is 29.9 Å². The van der Waals surface area contributed by atoms with Crippen LogP contribution in [0.2, 0.25) is 0 Å². The van der Waals surface area contributed by atoms with Gasteiger partial charge in [0.15, 0.2) is 0 Å². The molecular weight excluding hydrogens is 284 g/mol. The monoisotopic (exact) mass is 298 g/mol. The van der Waals surface area contributed by atoms with Crippen molar-refractivity contribution in [3.8, 4) is 0 Å². The van der Waals surface area contributed by atoms with Gasteiger partial charge in [-0.1, -0.05) is 6.42 Å². The highest BCUT2D eigenvalue weighted by Gasteiger charge is 2.17. The van der Waals surface area contributed by atoms with Crippen molar-refractivity contribution in [1.29, 1.82) is 0 Å². The number of rotatable bonds is 4. The minimum absolute atomic E-state index is 0.0883. The van der Waals surface area contributed by atoms with Crippen molar-refractivity contribution in [2.75, 3.05) is 6.54 Å². The lowest BCUT2D eigenvalue weighted by molar-refractivity contribution is -0.122. The molecule has 1 aliphatic carbocycles. The topological polar surface area (TPSA) is 51.1 Å². The normalized spacial score (nSPS) is 15.4. The van der Waals surface area contributed by atoms with Crippen molar-refractivity contribution in [3.05, 3.63) is 33.2 Å². The molecule has 0 unspecified atom stereocenters. The molecule has 0 bridgehead atoms. The van der Waals surface area contributed by atoms with Crippen molar-refractivity contribution in [1.82, 2.24) is 9.88 Å². The Morgan fingerprint density at radius 1 is 1.47 bits per heavy atom. The zero-order valence-electron chi connectivity index (χ0n) is 9.49. The minimum Gasteiger partial charge on any atom is -0.354 e. The summed E-state index contributed by atoms with van der Waals surface area (Å²) in [6.07, 6.45) is 5.31. The number of carbonyl (C=O) groups excluding carboxylic acids is 1. The number of aromatic nitrogens is 1. The van der Waals surface area contributed by atoms with Crippen LogP contribution in [0.1, 0.15) is 19.3 Å². The Labute approximate surface area is 108 Å². The van der Waals surface area contributed by atoms with Gasteiger partial charge in [-0.15, -0.1) is 0 Å². The van der Waals surface area contributed by atoms with Crippen LogP contribution in [0.15, 0.2) is 27.6 Å². The van der Waals surface area contributed by atoms with Crippen LogP contribution >= 0.6 is 15.9 Å². The smallest absolute Gasteiger partial charge is 0.251 e. The molecule has 1 aromatic heterocycles. The summed E-state index contributed by atoms with van der Waals surface area (Å²) in [4.78, 5) is 23.1. The Hall–Kier alpha value is -1.10. The average Bonchev–Trinajstić information content (AvgIpc) is 2.21. The Kier molecular flexibility index (Phi) is 3.99. The van der Waals surface area contributed by atoms with Crippen LogP contribution in [0.25, 0.3) is 0 Å². The van der Waals surface area contributed by atoms with Crippen LogP contribution in [0.3, 0.4) is 0 Å². The maximum atomic E-state index is 11.6. The Bertz CT molecular complexity index is 466. The fraction of sp³-hybridized carbons (Fsp3) is 0.500. The molecule has 0 saturated heterocycles. The highest BCUT2D eigenvalue weighted by molar-refractivity contribution is 9.10. The first-order chi connectivity index (χ1) is 8.15. The summed E-state index contributed by atoms with van der Waals surface area (Å²) in [6, 6.07) is 3.12. The fourth-order valence-corrected chi connectivity index (χ4v) is 2.17. The van der Waals surface area contributed by atoms with E-state index < -0.39 is 0 Å². The zero-order valence-corrected chi connectivity index (χ0v) is 11.1. The van der Waals surface area contributed by atoms with E-state index in [-0.39, 0.29) is 18.0 Å². The molecule has 1 aliphatic rings. The number of carbonyl (C=O) groups is 1. The van der Waals surface area contributed by atoms with Crippen molar-refractivity contribution >= 4 is 21.8 Å². The van der Waals surface area contributed by atoms with Crippen molar-refractivity contribution < 1.29 is 4.79 Å². The van der Waals surface area contributed by atoms with E-state index >= 15 is 0 Å². The molecule has 4 nitrogen and oxygen atoms in total. The number of nitrogens with one attached hydrogen (secondary N) is 1. The second-order valence-electron chi connectivity index (χ2n) is 4.41. The predicted molar refractivity (Wildman–Crippen MR) is 68.8 cm³/mol. The third kappa shape index (κ3) is 3.43. The Balaban J connectivity index is 1.88. The van der Waals surface area contributed by atoms with Crippen LogP contribution in [0.4, 0.5) is 0 Å². The molecule has 1 amide bonds. The number of hydrogen-bond donors (Lipinski definition) is 1. The number of halogens is 1. The number of amides is 1. The number of nitrogens with zero attached hydrogens (tertiary/aromatic N) is 1. The van der Waals surface area contributed by atoms with Gasteiger partial charge in [-0.05, 0) is 40.8 Å². The Morgan fingerprint density at radius 2 is 2.24 bits per heavy atom. The molecule has 2 rings (SSSR count). The van der Waals surface area contributed by atoms with Crippen LogP contribution in [0.5, 0.6) is 0 Å². The summed E-state index contributed by atoms with van der Waals surface area (Å²) < 4.78 is 2.20. The molecular formula is C12H15BrN2O2. The van der Waals surface area contributed by atoms with E-state index in [1.54, 1.807) is 12.3 Å². The third-order valence-electron chi connectivity index (χ3n) is 3.07. The SMILES string of the molecule is O=C(Cn1cc(Br)ccc1=O)NCC1CCC1. The first-order valence-corrected chi connectivity index (χ1v) is 6.57. The molecule has 1 saturated carbocycles. The van der Waals surface area contributed by atoms with Crippen LogP contribution in [-0.2, 0) is 11.3 Å². The van der Waals surface area contributed by atoms with Crippen LogP contribution in [-0.4, -0.2) is 17.0 Å². The highest BCUT2D eigenvalue weighted by atomic mass is 79.9. The molecule has 1 aromatic rings. The molecule has 0 aliphatic heterocycles. The maximum Gasteiger partial charge on any atom is 0.251 e. The van der Waals surface area contributed by atoms with Gasteiger partial charge in [-0.25, -0.2) is 0 Å². The summed E-state index contributed by atoms with van der Waals surface area (Å²) in [6.45, 7) is 0.826. The molecule has 0 aromatic carbocycles. The van der Waals surface area contributed by atoms with E-state index in [4.69, 9.17) is 0 Å². The lowest BCUT2D eigenvalue weighted by atomic mass is 9.85. The Morgan fingerprint density at radius 3 is 2.88 bits per heavy atom. The maximum absolute atomic E-state index is 11.6. The number of pyridine rings is 1. The van der Waals surface area contributed by atoms with Crippen molar-refractivity contribution in [2.24, 2.45) is 5.92 Å². The standard InChI is InChI=1S/C12H15BrN2O2/c13-10-4-5-12(17)15(7-10)8-11(16)14-6-9-2-1-3-9/h4-5,7,9H,1-3,6,8H2,(H,14,16). The molecule has 0 atom stereocenters. The first-order valence-electron chi connectivity index (χ1n) is 5.78. The highest BCUT2D eigenvalue weighted by Crippen LogP contribution is 2.25. The fourth-order valence-electron chi connectivity index (χ4n) is 1.79. The molecule has 92 valence electrons. The van der Waals surface area contributed by atoms with Gasteiger partial charge in [0.2, 0.25) is 5.91 Å². The molecule has 1 N–H and O–H groups in total. The van der Waals surface area contributed by atoms with Crippen molar-refractivity contribution in [3.63, 3.8) is 0 Å². The third-order valence-corrected chi connectivity index (χ3v) is 3.54. The quantitative estimate of drug-likeness (QED) is 0.916. The van der Waals surface area contributed by atoms with Gasteiger partial charge in [0, 0.05) is 23.3 Å². The van der Waals surface area contributed by atoms with Crippen LogP contribution in [0, 0.1) is 5.92 Å². The van der Waals surface area contributed by atoms with Gasteiger partial charge in [-0.2, -0.15) is 0 Å². The van der Waals surface area contributed by atoms with Crippen LogP contribution < -0.4 is 10.9 Å². The summed E-state index contributed by atoms with van der Waals surface area (Å²) in [5, 5.41) is 2.87. The molecule has 1 heterocycles. The van der Waals surface area contributed by atoms with Gasteiger partial charge >= 0.3 is 0 Å². The van der Waals surface area contributed by atoms with Gasteiger partial charge in [0.05, 0.1) is 0 Å². The second kappa shape index (κ2) is 5.49. The summed E-state index contributed by atoms with van der Waals surface area (Å²) >= 11 is 3.28. The summed E-state index contributed by atoms with van der Waals surface area (Å²) in [7, 11) is 0. The lowest BCUT2D eigenvalue weighted by Gasteiger charge is -2.25. The average molecular weight is 299 g/mol. The molecule has 5 heteroatoms. The van der Waals surface area contributed by atoms with E-state index in [2.05, 4.69) is 21.2 Å². The first kappa shape index (κ1) is 12.4. The molecule has 1 fully saturated rings. The van der Waals surface area contributed by atoms with Gasteiger partial charge in [0.1, 0.15) is 6.54 Å². The van der Waals surface area contributed by atoms with Gasteiger partial charge < -0.3 is 9.88 Å². The summed E-state index contributed by atoms with van der Waals surface area (Å²) in [5.74, 6) is 0.537. The van der Waals surface area contributed by atoms with E-state index in [1.807, 2.05) is 0 Å². The van der Waals surface area contributed by atoms with Crippen molar-refractivity contribution in [2.45, 2.75) is 25.8 Å². The van der Waals surface area contributed by atoms with E-state index in [0.29, 0.717) is 5.92 Å². The molecule has 17 heavy (non-hydrogen) atoms. The molecule has 0 spiro atoms. The lowest BCUT2D eigenvalue weighted by Crippen LogP contribution is -2.36. The molecule has 0 radical (unpaired) electrons. The van der Waals surface area contributed by atoms with E-state index in [9.17, 15) is 9.59 Å². The largest absolute Gasteiger partial charge is 0.354 e. The predicted octanol–water partition coefficient (Wildman–Crippen LogP) is 1.53. The second-order valence-corrected chi connectivity index (χ2v) is 5.33. The van der Waals surface area contributed by atoms with Gasteiger partial charge in [-0.3, -0.25) is 9.59 Å². The number of hydrogen-bond acceptors (Lipinski definition) is 2. The summed E-state index contributed by atoms with van der Waals surface area (Å²) in [5.41, 5.74) is -0.160. The van der Waals surface area contributed by atoms with E-state index in [0.717, 1.165) is 11.0 Å². The zero-order chi connectivity index (χ0) is 12.3. The van der Waals surface area contributed by atoms with Gasteiger partial charge in [0.25, 0.3) is 5.56 Å².